The summed E-state index contributed by atoms with van der Waals surface area (Å²) < 4.78 is 6.88. The lowest BCUT2D eigenvalue weighted by Crippen LogP contribution is -2.47. The molecule has 0 radical (unpaired) electrons. The number of aliphatic hydroxyl groups excluding tert-OH is 3. The third-order valence-electron chi connectivity index (χ3n) is 3.23. The number of aromatic amines is 1. The number of H-pyrrole nitrogens is 1. The molecular formula is C10H14N5O4+. The van der Waals surface area contributed by atoms with Gasteiger partial charge in [-0.15, -0.1) is 0 Å². The summed E-state index contributed by atoms with van der Waals surface area (Å²) in [5.41, 5.74) is 6.66. The zero-order chi connectivity index (χ0) is 13.6. The quantitative estimate of drug-likeness (QED) is 0.377. The lowest BCUT2D eigenvalue weighted by atomic mass is 10.1. The molecule has 0 unspecified atom stereocenters. The molecule has 1 aliphatic rings. The fourth-order valence-corrected chi connectivity index (χ4v) is 2.21. The van der Waals surface area contributed by atoms with Crippen LogP contribution in [-0.2, 0) is 4.74 Å². The summed E-state index contributed by atoms with van der Waals surface area (Å²) in [6.45, 7) is -0.388. The van der Waals surface area contributed by atoms with Gasteiger partial charge in [0, 0.05) is 0 Å². The standard InChI is InChI=1S/C10H13N5O4/c11-8-5-9(13-2-12-5)15(3-14-8)10-7(18)6(17)4(1-16)19-10/h2-4,6-7,10,16-18H,1H2,(H2,11,12,13)/p+1/t4-,6-,7-,10-/m1/s1. The summed E-state index contributed by atoms with van der Waals surface area (Å²) in [5.74, 6) is 0.274. The molecule has 2 aromatic heterocycles. The van der Waals surface area contributed by atoms with Crippen LogP contribution in [0.3, 0.4) is 0 Å². The maximum absolute atomic E-state index is 9.97. The van der Waals surface area contributed by atoms with Crippen LogP contribution in [0.4, 0.5) is 5.82 Å². The van der Waals surface area contributed by atoms with Gasteiger partial charge in [0.05, 0.1) is 6.61 Å². The highest BCUT2D eigenvalue weighted by atomic mass is 16.6. The van der Waals surface area contributed by atoms with Gasteiger partial charge in [-0.05, 0) is 0 Å². The van der Waals surface area contributed by atoms with Gasteiger partial charge >= 0.3 is 0 Å². The van der Waals surface area contributed by atoms with Crippen LogP contribution in [0.15, 0.2) is 12.7 Å². The first-order valence-electron chi connectivity index (χ1n) is 5.74. The number of aromatic nitrogens is 4. The van der Waals surface area contributed by atoms with Crippen LogP contribution in [0.2, 0.25) is 0 Å². The number of nitrogens with one attached hydrogen (secondary N) is 1. The zero-order valence-electron chi connectivity index (χ0n) is 9.84. The van der Waals surface area contributed by atoms with E-state index in [9.17, 15) is 10.2 Å². The van der Waals surface area contributed by atoms with Gasteiger partial charge in [0.15, 0.2) is 11.8 Å². The van der Waals surface area contributed by atoms with Crippen molar-refractivity contribution in [1.29, 1.82) is 0 Å². The zero-order valence-corrected chi connectivity index (χ0v) is 9.84. The molecule has 1 fully saturated rings. The summed E-state index contributed by atoms with van der Waals surface area (Å²) in [6, 6.07) is 0. The maximum Gasteiger partial charge on any atom is 0.295 e. The number of imidazole rings is 1. The highest BCUT2D eigenvalue weighted by Gasteiger charge is 2.46. The van der Waals surface area contributed by atoms with Crippen LogP contribution < -0.4 is 10.3 Å². The number of rotatable bonds is 2. The summed E-state index contributed by atoms with van der Waals surface area (Å²) in [5, 5.41) is 28.8. The van der Waals surface area contributed by atoms with Crippen LogP contribution in [-0.4, -0.2) is 55.2 Å². The first-order chi connectivity index (χ1) is 9.13. The number of aliphatic hydroxyl groups is 3. The largest absolute Gasteiger partial charge is 0.394 e. The van der Waals surface area contributed by atoms with E-state index in [2.05, 4.69) is 15.0 Å². The molecule has 9 heteroatoms. The topological polar surface area (TPSA) is 141 Å². The number of nitrogens with two attached hydrogens (primary N) is 1. The van der Waals surface area contributed by atoms with Crippen molar-refractivity contribution in [3.05, 3.63) is 12.7 Å². The summed E-state index contributed by atoms with van der Waals surface area (Å²) in [6.07, 6.45) is -1.27. The number of nitrogen functional groups attached to an aromatic ring is 1. The Bertz CT molecular complexity index is 603. The molecule has 3 heterocycles. The molecule has 9 nitrogen and oxygen atoms in total. The molecule has 0 saturated carbocycles. The van der Waals surface area contributed by atoms with Crippen LogP contribution in [0.5, 0.6) is 0 Å². The van der Waals surface area contributed by atoms with Crippen molar-refractivity contribution < 1.29 is 24.6 Å². The molecule has 3 rings (SSSR count). The molecule has 1 aliphatic heterocycles. The maximum atomic E-state index is 9.97. The van der Waals surface area contributed by atoms with Gasteiger partial charge < -0.3 is 30.8 Å². The SMILES string of the molecule is Nc1nc[n+]([C@@H]2O[C@H](CO)[C@@H](O)[C@H]2O)c2nc[nH]c12. The minimum atomic E-state index is -1.19. The van der Waals surface area contributed by atoms with Crippen molar-refractivity contribution in [1.82, 2.24) is 15.0 Å². The molecule has 2 aromatic rings. The summed E-state index contributed by atoms with van der Waals surface area (Å²) in [4.78, 5) is 10.9. The summed E-state index contributed by atoms with van der Waals surface area (Å²) >= 11 is 0. The Kier molecular flexibility index (Phi) is 2.82. The minimum absolute atomic E-state index is 0.274. The second kappa shape index (κ2) is 4.38. The minimum Gasteiger partial charge on any atom is -0.394 e. The monoisotopic (exact) mass is 268 g/mol. The number of ether oxygens (including phenoxy) is 1. The molecule has 1 saturated heterocycles. The Morgan fingerprint density at radius 1 is 1.37 bits per heavy atom. The van der Waals surface area contributed by atoms with Gasteiger partial charge in [-0.3, -0.25) is 0 Å². The van der Waals surface area contributed by atoms with Crippen molar-refractivity contribution in [3.8, 4) is 0 Å². The molecular weight excluding hydrogens is 254 g/mol. The van der Waals surface area contributed by atoms with E-state index in [-0.39, 0.29) is 12.4 Å². The second-order valence-corrected chi connectivity index (χ2v) is 4.37. The van der Waals surface area contributed by atoms with E-state index in [0.29, 0.717) is 11.2 Å². The number of hydrogen-bond acceptors (Lipinski definition) is 7. The molecule has 0 amide bonds. The third kappa shape index (κ3) is 1.75. The lowest BCUT2D eigenvalue weighted by molar-refractivity contribution is -0.747. The average molecular weight is 268 g/mol. The highest BCUT2D eigenvalue weighted by Crippen LogP contribution is 2.26. The fraction of sp³-hybridized carbons (Fsp3) is 0.500. The van der Waals surface area contributed by atoms with Crippen molar-refractivity contribution in [3.63, 3.8) is 0 Å². The van der Waals surface area contributed by atoms with Crippen LogP contribution in [0.25, 0.3) is 11.2 Å². The van der Waals surface area contributed by atoms with Gasteiger partial charge in [0.2, 0.25) is 18.4 Å². The molecule has 0 bridgehead atoms. The number of anilines is 1. The molecule has 4 atom stereocenters. The molecule has 19 heavy (non-hydrogen) atoms. The second-order valence-electron chi connectivity index (χ2n) is 4.37. The first-order valence-corrected chi connectivity index (χ1v) is 5.74. The van der Waals surface area contributed by atoms with Gasteiger partial charge in [0.25, 0.3) is 5.65 Å². The van der Waals surface area contributed by atoms with E-state index in [1.165, 1.54) is 17.2 Å². The van der Waals surface area contributed by atoms with E-state index < -0.39 is 24.5 Å². The molecule has 0 aliphatic carbocycles. The van der Waals surface area contributed by atoms with Crippen molar-refractivity contribution >= 4 is 17.0 Å². The summed E-state index contributed by atoms with van der Waals surface area (Å²) in [7, 11) is 0. The van der Waals surface area contributed by atoms with Crippen LogP contribution in [0.1, 0.15) is 6.23 Å². The van der Waals surface area contributed by atoms with Gasteiger partial charge in [0.1, 0.15) is 18.3 Å². The molecule has 0 spiro atoms. The molecule has 0 aromatic carbocycles. The van der Waals surface area contributed by atoms with Gasteiger partial charge in [-0.25, -0.2) is 4.57 Å². The fourth-order valence-electron chi connectivity index (χ4n) is 2.21. The van der Waals surface area contributed by atoms with Crippen LogP contribution in [0, 0.1) is 0 Å². The van der Waals surface area contributed by atoms with Gasteiger partial charge in [-0.2, -0.15) is 0 Å². The van der Waals surface area contributed by atoms with E-state index in [1.54, 1.807) is 0 Å². The van der Waals surface area contributed by atoms with E-state index in [0.717, 1.165) is 0 Å². The number of nitrogens with zero attached hydrogens (tertiary/aromatic N) is 3. The predicted octanol–water partition coefficient (Wildman–Crippen LogP) is -2.56. The van der Waals surface area contributed by atoms with E-state index in [4.69, 9.17) is 15.6 Å². The number of hydrogen-bond donors (Lipinski definition) is 5. The van der Waals surface area contributed by atoms with Crippen molar-refractivity contribution in [2.45, 2.75) is 24.5 Å². The normalized spacial score (nSPS) is 31.1. The lowest BCUT2D eigenvalue weighted by Gasteiger charge is -2.13. The van der Waals surface area contributed by atoms with Crippen molar-refractivity contribution in [2.75, 3.05) is 12.3 Å². The molecule has 102 valence electrons. The Balaban J connectivity index is 2.06. The van der Waals surface area contributed by atoms with E-state index in [1.807, 2.05) is 0 Å². The smallest absolute Gasteiger partial charge is 0.295 e. The third-order valence-corrected chi connectivity index (χ3v) is 3.23. The number of fused-ring (bicyclic) bond motifs is 1. The molecule has 6 N–H and O–H groups in total. The Morgan fingerprint density at radius 2 is 2.16 bits per heavy atom. The van der Waals surface area contributed by atoms with E-state index >= 15 is 0 Å². The first kappa shape index (κ1) is 12.2. The predicted molar refractivity (Wildman–Crippen MR) is 61.5 cm³/mol. The Hall–Kier alpha value is -1.81. The van der Waals surface area contributed by atoms with Crippen molar-refractivity contribution in [2.24, 2.45) is 0 Å². The Morgan fingerprint density at radius 3 is 2.84 bits per heavy atom. The average Bonchev–Trinajstić information content (AvgIpc) is 2.99. The van der Waals surface area contributed by atoms with Gasteiger partial charge in [-0.1, -0.05) is 9.97 Å². The Labute approximate surface area is 107 Å². The highest BCUT2D eigenvalue weighted by molar-refractivity contribution is 5.78. The van der Waals surface area contributed by atoms with Crippen LogP contribution >= 0.6 is 0 Å².